The fourth-order valence-corrected chi connectivity index (χ4v) is 2.10. The van der Waals surface area contributed by atoms with Crippen LogP contribution in [0, 0.1) is 5.92 Å². The van der Waals surface area contributed by atoms with Crippen molar-refractivity contribution in [3.05, 3.63) is 29.8 Å². The summed E-state index contributed by atoms with van der Waals surface area (Å²) >= 11 is 0. The van der Waals surface area contributed by atoms with Gasteiger partial charge in [-0.1, -0.05) is 19.1 Å². The first-order valence-electron chi connectivity index (χ1n) is 6.31. The molecule has 88 valence electrons. The minimum atomic E-state index is 0.680. The second-order valence-electron chi connectivity index (χ2n) is 4.52. The van der Waals surface area contributed by atoms with E-state index in [1.54, 1.807) is 0 Å². The molecule has 1 heterocycles. The molecule has 0 amide bonds. The second-order valence-corrected chi connectivity index (χ2v) is 4.52. The number of nitrogens with one attached hydrogen (secondary N) is 1. The van der Waals surface area contributed by atoms with Gasteiger partial charge in [-0.05, 0) is 43.5 Å². The van der Waals surface area contributed by atoms with Crippen molar-refractivity contribution in [3.8, 4) is 5.75 Å². The van der Waals surface area contributed by atoms with Crippen molar-refractivity contribution in [2.24, 2.45) is 5.92 Å². The molecule has 0 spiro atoms. The van der Waals surface area contributed by atoms with Crippen LogP contribution in [0.25, 0.3) is 0 Å². The van der Waals surface area contributed by atoms with Crippen LogP contribution in [0.3, 0.4) is 0 Å². The fourth-order valence-electron chi connectivity index (χ4n) is 2.10. The van der Waals surface area contributed by atoms with Crippen molar-refractivity contribution < 1.29 is 4.74 Å². The number of hydrogen-bond donors (Lipinski definition) is 1. The third-order valence-corrected chi connectivity index (χ3v) is 3.22. The Bertz CT molecular complexity index is 301. The van der Waals surface area contributed by atoms with Crippen molar-refractivity contribution >= 4 is 0 Å². The molecule has 0 aliphatic carbocycles. The maximum Gasteiger partial charge on any atom is 0.119 e. The van der Waals surface area contributed by atoms with E-state index in [0.29, 0.717) is 5.92 Å². The molecule has 1 aromatic carbocycles. The predicted molar refractivity (Wildman–Crippen MR) is 66.9 cm³/mol. The lowest BCUT2D eigenvalue weighted by Crippen LogP contribution is -2.33. The molecule has 2 nitrogen and oxygen atoms in total. The maximum absolute atomic E-state index is 5.80. The zero-order chi connectivity index (χ0) is 11.2. The second kappa shape index (κ2) is 5.90. The van der Waals surface area contributed by atoms with E-state index < -0.39 is 0 Å². The van der Waals surface area contributed by atoms with Crippen molar-refractivity contribution in [1.29, 1.82) is 0 Å². The van der Waals surface area contributed by atoms with Gasteiger partial charge in [0.15, 0.2) is 0 Å². The third-order valence-electron chi connectivity index (χ3n) is 3.22. The minimum Gasteiger partial charge on any atom is -0.493 e. The Morgan fingerprint density at radius 3 is 2.75 bits per heavy atom. The van der Waals surface area contributed by atoms with E-state index in [4.69, 9.17) is 4.74 Å². The van der Waals surface area contributed by atoms with Crippen LogP contribution in [0.1, 0.15) is 25.3 Å². The van der Waals surface area contributed by atoms with E-state index in [0.717, 1.165) is 25.3 Å². The number of benzene rings is 1. The topological polar surface area (TPSA) is 21.3 Å². The largest absolute Gasteiger partial charge is 0.493 e. The highest BCUT2D eigenvalue weighted by Crippen LogP contribution is 2.16. The summed E-state index contributed by atoms with van der Waals surface area (Å²) in [6, 6.07) is 8.45. The van der Waals surface area contributed by atoms with Gasteiger partial charge in [-0.3, -0.25) is 0 Å². The van der Waals surface area contributed by atoms with Crippen LogP contribution in [-0.4, -0.2) is 19.7 Å². The predicted octanol–water partition coefficient (Wildman–Crippen LogP) is 2.63. The van der Waals surface area contributed by atoms with Gasteiger partial charge in [0.05, 0.1) is 6.61 Å². The summed E-state index contributed by atoms with van der Waals surface area (Å²) in [6.07, 6.45) is 3.66. The first kappa shape index (κ1) is 11.5. The van der Waals surface area contributed by atoms with E-state index >= 15 is 0 Å². The molecule has 1 atom stereocenters. The standard InChI is InChI=1S/C14H21NO/c1-2-12-5-7-14(8-6-12)16-11-13-4-3-9-15-10-13/h5-8,13,15H,2-4,9-11H2,1H3/t13-/m1/s1. The Morgan fingerprint density at radius 2 is 2.12 bits per heavy atom. The van der Waals surface area contributed by atoms with Crippen LogP contribution < -0.4 is 10.1 Å². The lowest BCUT2D eigenvalue weighted by molar-refractivity contribution is 0.218. The van der Waals surface area contributed by atoms with Gasteiger partial charge in [-0.2, -0.15) is 0 Å². The number of aryl methyl sites for hydroxylation is 1. The van der Waals surface area contributed by atoms with Crippen LogP contribution in [0.5, 0.6) is 5.75 Å². The molecule has 1 N–H and O–H groups in total. The summed E-state index contributed by atoms with van der Waals surface area (Å²) in [5.74, 6) is 1.68. The molecule has 1 saturated heterocycles. The molecule has 0 unspecified atom stereocenters. The molecule has 0 aromatic heterocycles. The van der Waals surface area contributed by atoms with Crippen molar-refractivity contribution in [1.82, 2.24) is 5.32 Å². The van der Waals surface area contributed by atoms with Gasteiger partial charge in [-0.25, -0.2) is 0 Å². The van der Waals surface area contributed by atoms with Crippen LogP contribution in [-0.2, 0) is 6.42 Å². The van der Waals surface area contributed by atoms with Gasteiger partial charge in [0.25, 0.3) is 0 Å². The van der Waals surface area contributed by atoms with Crippen molar-refractivity contribution in [2.75, 3.05) is 19.7 Å². The molecular formula is C14H21NO. The first-order chi connectivity index (χ1) is 7.88. The van der Waals surface area contributed by atoms with Gasteiger partial charge in [0, 0.05) is 12.5 Å². The summed E-state index contributed by atoms with van der Waals surface area (Å²) < 4.78 is 5.80. The number of ether oxygens (including phenoxy) is 1. The van der Waals surface area contributed by atoms with E-state index in [1.807, 2.05) is 0 Å². The third kappa shape index (κ3) is 3.24. The molecule has 2 heteroatoms. The van der Waals surface area contributed by atoms with Crippen molar-refractivity contribution in [2.45, 2.75) is 26.2 Å². The lowest BCUT2D eigenvalue weighted by atomic mass is 10.0. The van der Waals surface area contributed by atoms with Crippen LogP contribution >= 0.6 is 0 Å². The van der Waals surface area contributed by atoms with Crippen LogP contribution in [0.15, 0.2) is 24.3 Å². The molecular weight excluding hydrogens is 198 g/mol. The molecule has 0 saturated carbocycles. The summed E-state index contributed by atoms with van der Waals surface area (Å²) in [6.45, 7) is 5.29. The lowest BCUT2D eigenvalue weighted by Gasteiger charge is -2.22. The van der Waals surface area contributed by atoms with E-state index in [9.17, 15) is 0 Å². The molecule has 1 aliphatic rings. The smallest absolute Gasteiger partial charge is 0.119 e. The fraction of sp³-hybridized carbons (Fsp3) is 0.571. The highest BCUT2D eigenvalue weighted by atomic mass is 16.5. The number of hydrogen-bond acceptors (Lipinski definition) is 2. The SMILES string of the molecule is CCc1ccc(OC[C@@H]2CCCNC2)cc1. The molecule has 1 aromatic rings. The summed E-state index contributed by atoms with van der Waals surface area (Å²) in [4.78, 5) is 0. The van der Waals surface area contributed by atoms with Gasteiger partial charge in [0.2, 0.25) is 0 Å². The van der Waals surface area contributed by atoms with E-state index in [1.165, 1.54) is 24.9 Å². The first-order valence-corrected chi connectivity index (χ1v) is 6.31. The Labute approximate surface area is 98.0 Å². The zero-order valence-electron chi connectivity index (χ0n) is 10.0. The Morgan fingerprint density at radius 1 is 1.31 bits per heavy atom. The summed E-state index contributed by atoms with van der Waals surface area (Å²) in [5, 5.41) is 3.41. The summed E-state index contributed by atoms with van der Waals surface area (Å²) in [7, 11) is 0. The quantitative estimate of drug-likeness (QED) is 0.840. The summed E-state index contributed by atoms with van der Waals surface area (Å²) in [5.41, 5.74) is 1.37. The van der Waals surface area contributed by atoms with Gasteiger partial charge in [-0.15, -0.1) is 0 Å². The van der Waals surface area contributed by atoms with E-state index in [2.05, 4.69) is 36.5 Å². The molecule has 2 rings (SSSR count). The average molecular weight is 219 g/mol. The van der Waals surface area contributed by atoms with Gasteiger partial charge in [0.1, 0.15) is 5.75 Å². The zero-order valence-corrected chi connectivity index (χ0v) is 10.0. The minimum absolute atomic E-state index is 0.680. The average Bonchev–Trinajstić information content (AvgIpc) is 2.38. The molecule has 0 radical (unpaired) electrons. The molecule has 1 fully saturated rings. The Hall–Kier alpha value is -1.02. The molecule has 16 heavy (non-hydrogen) atoms. The Balaban J connectivity index is 1.79. The van der Waals surface area contributed by atoms with Crippen molar-refractivity contribution in [3.63, 3.8) is 0 Å². The van der Waals surface area contributed by atoms with Gasteiger partial charge >= 0.3 is 0 Å². The molecule has 0 bridgehead atoms. The van der Waals surface area contributed by atoms with E-state index in [-0.39, 0.29) is 0 Å². The molecule has 1 aliphatic heterocycles. The highest BCUT2D eigenvalue weighted by Gasteiger charge is 2.13. The normalized spacial score (nSPS) is 20.7. The monoisotopic (exact) mass is 219 g/mol. The Kier molecular flexibility index (Phi) is 4.23. The number of rotatable bonds is 4. The maximum atomic E-state index is 5.80. The van der Waals surface area contributed by atoms with Crippen LogP contribution in [0.4, 0.5) is 0 Å². The van der Waals surface area contributed by atoms with Gasteiger partial charge < -0.3 is 10.1 Å². The number of piperidine rings is 1. The highest BCUT2D eigenvalue weighted by molar-refractivity contribution is 5.27. The van der Waals surface area contributed by atoms with Crippen LogP contribution in [0.2, 0.25) is 0 Å².